The van der Waals surface area contributed by atoms with Crippen molar-refractivity contribution in [1.82, 2.24) is 4.90 Å². The summed E-state index contributed by atoms with van der Waals surface area (Å²) >= 11 is 0. The zero-order valence-electron chi connectivity index (χ0n) is 8.73. The Hall–Kier alpha value is -0.940. The zero-order valence-corrected chi connectivity index (χ0v) is 8.73. The van der Waals surface area contributed by atoms with E-state index < -0.39 is 11.4 Å². The Labute approximate surface area is 88.0 Å². The number of Topliss-reactive ketones (excluding diaryl/α,β-unsaturated/α-hetero) is 1. The summed E-state index contributed by atoms with van der Waals surface area (Å²) in [6.07, 6.45) is 0.768. The molecule has 2 saturated heterocycles. The summed E-state index contributed by atoms with van der Waals surface area (Å²) in [5, 5.41) is 9.07. The van der Waals surface area contributed by atoms with Crippen LogP contribution in [0.15, 0.2) is 0 Å². The SMILES string of the molecule is CN1CCC(C(=O)C2(C(=O)O)COC2)C1. The van der Waals surface area contributed by atoms with Crippen molar-refractivity contribution in [2.75, 3.05) is 33.4 Å². The quantitative estimate of drug-likeness (QED) is 0.647. The van der Waals surface area contributed by atoms with E-state index in [-0.39, 0.29) is 24.9 Å². The summed E-state index contributed by atoms with van der Waals surface area (Å²) in [5.41, 5.74) is -1.24. The molecule has 5 heteroatoms. The average Bonchev–Trinajstić information content (AvgIpc) is 2.48. The van der Waals surface area contributed by atoms with Gasteiger partial charge < -0.3 is 14.7 Å². The highest BCUT2D eigenvalue weighted by atomic mass is 16.5. The molecule has 84 valence electrons. The summed E-state index contributed by atoms with van der Waals surface area (Å²) in [6.45, 7) is 1.63. The van der Waals surface area contributed by atoms with Crippen molar-refractivity contribution >= 4 is 11.8 Å². The smallest absolute Gasteiger partial charge is 0.322 e. The fourth-order valence-electron chi connectivity index (χ4n) is 2.22. The van der Waals surface area contributed by atoms with Crippen molar-refractivity contribution in [3.8, 4) is 0 Å². The highest BCUT2D eigenvalue weighted by molar-refractivity contribution is 6.05. The van der Waals surface area contributed by atoms with Crippen LogP contribution in [0.2, 0.25) is 0 Å². The van der Waals surface area contributed by atoms with Gasteiger partial charge in [0, 0.05) is 12.5 Å². The Morgan fingerprint density at radius 3 is 2.47 bits per heavy atom. The predicted molar refractivity (Wildman–Crippen MR) is 51.5 cm³/mol. The van der Waals surface area contributed by atoms with Crippen LogP contribution in [0, 0.1) is 11.3 Å². The van der Waals surface area contributed by atoms with Gasteiger partial charge in [-0.25, -0.2) is 0 Å². The Balaban J connectivity index is 2.09. The topological polar surface area (TPSA) is 66.8 Å². The molecule has 0 amide bonds. The number of ether oxygens (including phenoxy) is 1. The van der Waals surface area contributed by atoms with Gasteiger partial charge in [-0.05, 0) is 20.0 Å². The normalized spacial score (nSPS) is 29.8. The van der Waals surface area contributed by atoms with Crippen molar-refractivity contribution in [3.05, 3.63) is 0 Å². The molecule has 1 unspecified atom stereocenters. The van der Waals surface area contributed by atoms with Gasteiger partial charge in [-0.2, -0.15) is 0 Å². The summed E-state index contributed by atoms with van der Waals surface area (Å²) in [5.74, 6) is -1.31. The molecule has 0 aromatic rings. The lowest BCUT2D eigenvalue weighted by Gasteiger charge is -2.37. The lowest BCUT2D eigenvalue weighted by molar-refractivity contribution is -0.186. The first-order valence-corrected chi connectivity index (χ1v) is 5.10. The number of rotatable bonds is 3. The number of carboxylic acids is 1. The third-order valence-corrected chi connectivity index (χ3v) is 3.34. The Bertz CT molecular complexity index is 298. The van der Waals surface area contributed by atoms with Gasteiger partial charge in [-0.1, -0.05) is 0 Å². The monoisotopic (exact) mass is 213 g/mol. The first kappa shape index (κ1) is 10.6. The van der Waals surface area contributed by atoms with Gasteiger partial charge >= 0.3 is 5.97 Å². The molecule has 2 fully saturated rings. The number of ketones is 1. The molecule has 1 N–H and O–H groups in total. The van der Waals surface area contributed by atoms with Crippen LogP contribution in [0.4, 0.5) is 0 Å². The maximum atomic E-state index is 12.0. The third-order valence-electron chi connectivity index (χ3n) is 3.34. The first-order valence-electron chi connectivity index (χ1n) is 5.10. The van der Waals surface area contributed by atoms with Gasteiger partial charge in [0.15, 0.2) is 11.2 Å². The maximum Gasteiger partial charge on any atom is 0.322 e. The van der Waals surface area contributed by atoms with Crippen LogP contribution in [0.1, 0.15) is 6.42 Å². The molecule has 0 aliphatic carbocycles. The molecule has 0 spiro atoms. The molecule has 2 heterocycles. The highest BCUT2D eigenvalue weighted by Crippen LogP contribution is 2.34. The highest BCUT2D eigenvalue weighted by Gasteiger charge is 2.55. The Morgan fingerprint density at radius 2 is 2.13 bits per heavy atom. The summed E-state index contributed by atoms with van der Waals surface area (Å²) in [4.78, 5) is 25.2. The van der Waals surface area contributed by atoms with Gasteiger partial charge in [0.2, 0.25) is 0 Å². The molecule has 0 aromatic carbocycles. The standard InChI is InChI=1S/C10H15NO4/c1-11-3-2-7(4-11)8(12)10(9(13)14)5-15-6-10/h7H,2-6H2,1H3,(H,13,14). The van der Waals surface area contributed by atoms with Crippen molar-refractivity contribution in [2.45, 2.75) is 6.42 Å². The second-order valence-electron chi connectivity index (χ2n) is 4.49. The van der Waals surface area contributed by atoms with Gasteiger partial charge in [0.1, 0.15) is 0 Å². The number of carbonyl (C=O) groups is 2. The van der Waals surface area contributed by atoms with Crippen molar-refractivity contribution < 1.29 is 19.4 Å². The molecule has 2 aliphatic rings. The maximum absolute atomic E-state index is 12.0. The van der Waals surface area contributed by atoms with Crippen LogP contribution >= 0.6 is 0 Å². The first-order chi connectivity index (χ1) is 7.06. The minimum absolute atomic E-state index is 0.0430. The van der Waals surface area contributed by atoms with Crippen LogP contribution < -0.4 is 0 Å². The Kier molecular flexibility index (Phi) is 2.52. The summed E-state index contributed by atoms with van der Waals surface area (Å²) in [7, 11) is 1.94. The lowest BCUT2D eigenvalue weighted by atomic mass is 9.76. The van der Waals surface area contributed by atoms with Crippen LogP contribution in [-0.4, -0.2) is 55.1 Å². The van der Waals surface area contributed by atoms with Crippen LogP contribution in [-0.2, 0) is 14.3 Å². The van der Waals surface area contributed by atoms with E-state index in [0.717, 1.165) is 13.0 Å². The zero-order chi connectivity index (χ0) is 11.1. The van der Waals surface area contributed by atoms with Crippen LogP contribution in [0.3, 0.4) is 0 Å². The molecular formula is C10H15NO4. The summed E-state index contributed by atoms with van der Waals surface area (Å²) in [6, 6.07) is 0. The van der Waals surface area contributed by atoms with Gasteiger partial charge in [0.05, 0.1) is 13.2 Å². The lowest BCUT2D eigenvalue weighted by Crippen LogP contribution is -2.57. The Morgan fingerprint density at radius 1 is 1.47 bits per heavy atom. The number of aliphatic carboxylic acids is 1. The minimum atomic E-state index is -1.24. The largest absolute Gasteiger partial charge is 0.480 e. The summed E-state index contributed by atoms with van der Waals surface area (Å²) < 4.78 is 4.89. The van der Waals surface area contributed by atoms with Gasteiger partial charge in [-0.15, -0.1) is 0 Å². The van der Waals surface area contributed by atoms with Gasteiger partial charge in [0.25, 0.3) is 0 Å². The molecular weight excluding hydrogens is 198 g/mol. The number of nitrogens with zero attached hydrogens (tertiary/aromatic N) is 1. The molecule has 0 aromatic heterocycles. The molecule has 1 atom stereocenters. The number of carbonyl (C=O) groups excluding carboxylic acids is 1. The third kappa shape index (κ3) is 1.55. The van der Waals surface area contributed by atoms with Crippen molar-refractivity contribution in [3.63, 3.8) is 0 Å². The van der Waals surface area contributed by atoms with Crippen molar-refractivity contribution in [1.29, 1.82) is 0 Å². The van der Waals surface area contributed by atoms with E-state index in [2.05, 4.69) is 4.90 Å². The fraction of sp³-hybridized carbons (Fsp3) is 0.800. The minimum Gasteiger partial charge on any atom is -0.480 e. The van der Waals surface area contributed by atoms with E-state index >= 15 is 0 Å². The molecule has 5 nitrogen and oxygen atoms in total. The molecule has 2 aliphatic heterocycles. The fourth-order valence-corrected chi connectivity index (χ4v) is 2.22. The predicted octanol–water partition coefficient (Wildman–Crippen LogP) is -0.392. The molecule has 0 bridgehead atoms. The van der Waals surface area contributed by atoms with Gasteiger partial charge in [-0.3, -0.25) is 9.59 Å². The van der Waals surface area contributed by atoms with E-state index in [1.807, 2.05) is 7.05 Å². The number of likely N-dealkylation sites (tertiary alicyclic amines) is 1. The van der Waals surface area contributed by atoms with Crippen molar-refractivity contribution in [2.24, 2.45) is 11.3 Å². The van der Waals surface area contributed by atoms with E-state index in [4.69, 9.17) is 9.84 Å². The average molecular weight is 213 g/mol. The van der Waals surface area contributed by atoms with E-state index in [9.17, 15) is 9.59 Å². The van der Waals surface area contributed by atoms with E-state index in [1.165, 1.54) is 0 Å². The van der Waals surface area contributed by atoms with Crippen LogP contribution in [0.5, 0.6) is 0 Å². The second kappa shape index (κ2) is 3.57. The van der Waals surface area contributed by atoms with Crippen LogP contribution in [0.25, 0.3) is 0 Å². The number of hydrogen-bond donors (Lipinski definition) is 1. The molecule has 0 saturated carbocycles. The van der Waals surface area contributed by atoms with E-state index in [0.29, 0.717) is 6.54 Å². The molecule has 2 rings (SSSR count). The molecule has 0 radical (unpaired) electrons. The molecule has 15 heavy (non-hydrogen) atoms. The number of carboxylic acid groups (broad SMARTS) is 1. The van der Waals surface area contributed by atoms with E-state index in [1.54, 1.807) is 0 Å². The second-order valence-corrected chi connectivity index (χ2v) is 4.49. The number of hydrogen-bond acceptors (Lipinski definition) is 4.